The van der Waals surface area contributed by atoms with Gasteiger partial charge in [-0.25, -0.2) is 4.68 Å². The van der Waals surface area contributed by atoms with Crippen molar-refractivity contribution in [1.29, 1.82) is 0 Å². The van der Waals surface area contributed by atoms with Gasteiger partial charge in [-0.05, 0) is 23.8 Å². The normalized spacial score (nSPS) is 10.8. The minimum Gasteiger partial charge on any atom is -0.267 e. The number of aromatic nitrogens is 3. The van der Waals surface area contributed by atoms with Gasteiger partial charge in [-0.1, -0.05) is 51.5 Å². The quantitative estimate of drug-likeness (QED) is 0.730. The van der Waals surface area contributed by atoms with Crippen molar-refractivity contribution in [2.75, 3.05) is 0 Å². The first kappa shape index (κ1) is 12.0. The molecule has 3 aromatic rings. The van der Waals surface area contributed by atoms with Crippen LogP contribution in [-0.4, -0.2) is 15.0 Å². The number of halogens is 1. The zero-order valence-electron chi connectivity index (χ0n) is 9.95. The van der Waals surface area contributed by atoms with E-state index in [-0.39, 0.29) is 5.56 Å². The van der Waals surface area contributed by atoms with Crippen LogP contribution in [0.2, 0.25) is 0 Å². The van der Waals surface area contributed by atoms with Gasteiger partial charge < -0.3 is 0 Å². The molecule has 0 spiro atoms. The molecule has 1 aromatic heterocycles. The van der Waals surface area contributed by atoms with Crippen molar-refractivity contribution in [3.8, 4) is 0 Å². The molecule has 0 bridgehead atoms. The summed E-state index contributed by atoms with van der Waals surface area (Å²) in [6.45, 7) is 0.426. The Hall–Kier alpha value is -2.01. The van der Waals surface area contributed by atoms with Crippen molar-refractivity contribution in [3.05, 3.63) is 68.9 Å². The summed E-state index contributed by atoms with van der Waals surface area (Å²) in [6, 6.07) is 15.1. The summed E-state index contributed by atoms with van der Waals surface area (Å²) < 4.78 is 2.24. The Kier molecular flexibility index (Phi) is 3.13. The topological polar surface area (TPSA) is 47.8 Å². The molecule has 0 aliphatic rings. The lowest BCUT2D eigenvalue weighted by atomic mass is 10.2. The van der Waals surface area contributed by atoms with Crippen LogP contribution in [0.1, 0.15) is 5.56 Å². The molecule has 19 heavy (non-hydrogen) atoms. The Morgan fingerprint density at radius 2 is 1.89 bits per heavy atom. The van der Waals surface area contributed by atoms with Crippen molar-refractivity contribution < 1.29 is 0 Å². The van der Waals surface area contributed by atoms with E-state index in [2.05, 4.69) is 26.2 Å². The van der Waals surface area contributed by atoms with Crippen LogP contribution >= 0.6 is 15.9 Å². The summed E-state index contributed by atoms with van der Waals surface area (Å²) in [6.07, 6.45) is 0. The van der Waals surface area contributed by atoms with Crippen LogP contribution in [0.3, 0.4) is 0 Å². The third kappa shape index (κ3) is 2.42. The molecule has 0 fully saturated rings. The fraction of sp³-hybridized carbons (Fsp3) is 0.0714. The van der Waals surface area contributed by atoms with Crippen LogP contribution in [0.25, 0.3) is 10.9 Å². The van der Waals surface area contributed by atoms with E-state index < -0.39 is 0 Å². The lowest BCUT2D eigenvalue weighted by Gasteiger charge is -2.05. The molecule has 0 saturated heterocycles. The second-order valence-electron chi connectivity index (χ2n) is 4.20. The maximum Gasteiger partial charge on any atom is 0.277 e. The van der Waals surface area contributed by atoms with Gasteiger partial charge in [-0.15, -0.1) is 5.10 Å². The van der Waals surface area contributed by atoms with E-state index >= 15 is 0 Å². The molecule has 0 aliphatic heterocycles. The van der Waals surface area contributed by atoms with Crippen molar-refractivity contribution in [2.24, 2.45) is 0 Å². The highest BCUT2D eigenvalue weighted by Gasteiger charge is 2.06. The lowest BCUT2D eigenvalue weighted by Crippen LogP contribution is -2.24. The summed E-state index contributed by atoms with van der Waals surface area (Å²) in [7, 11) is 0. The molecule has 1 heterocycles. The monoisotopic (exact) mass is 315 g/mol. The van der Waals surface area contributed by atoms with Crippen molar-refractivity contribution in [2.45, 2.75) is 6.54 Å². The largest absolute Gasteiger partial charge is 0.277 e. The average molecular weight is 316 g/mol. The maximum absolute atomic E-state index is 12.3. The van der Waals surface area contributed by atoms with Gasteiger partial charge in [0.2, 0.25) is 0 Å². The molecule has 3 rings (SSSR count). The number of nitrogens with zero attached hydrogens (tertiary/aromatic N) is 3. The molecular weight excluding hydrogens is 306 g/mol. The Balaban J connectivity index is 2.10. The molecular formula is C14H10BrN3O. The summed E-state index contributed by atoms with van der Waals surface area (Å²) in [5.74, 6) is 0. The zero-order valence-corrected chi connectivity index (χ0v) is 11.5. The van der Waals surface area contributed by atoms with E-state index in [4.69, 9.17) is 0 Å². The van der Waals surface area contributed by atoms with E-state index in [9.17, 15) is 4.79 Å². The predicted octanol–water partition coefficient (Wildman–Crippen LogP) is 2.60. The molecule has 0 unspecified atom stereocenters. The predicted molar refractivity (Wildman–Crippen MR) is 77.0 cm³/mol. The molecule has 2 aromatic carbocycles. The number of rotatable bonds is 2. The van der Waals surface area contributed by atoms with E-state index in [0.29, 0.717) is 17.4 Å². The lowest BCUT2D eigenvalue weighted by molar-refractivity contribution is 0.601. The van der Waals surface area contributed by atoms with Crippen LogP contribution in [0, 0.1) is 0 Å². The molecule has 0 amide bonds. The molecule has 0 atom stereocenters. The summed E-state index contributed by atoms with van der Waals surface area (Å²) >= 11 is 3.36. The molecule has 94 valence electrons. The molecule has 4 nitrogen and oxygen atoms in total. The van der Waals surface area contributed by atoms with Gasteiger partial charge in [-0.2, -0.15) is 0 Å². The van der Waals surface area contributed by atoms with E-state index in [1.165, 1.54) is 4.68 Å². The smallest absolute Gasteiger partial charge is 0.267 e. The highest BCUT2D eigenvalue weighted by Crippen LogP contribution is 2.14. The van der Waals surface area contributed by atoms with Crippen LogP contribution in [0.5, 0.6) is 0 Å². The van der Waals surface area contributed by atoms with Gasteiger partial charge in [0.05, 0.1) is 11.9 Å². The molecule has 0 radical (unpaired) electrons. The summed E-state index contributed by atoms with van der Waals surface area (Å²) in [5, 5.41) is 8.61. The fourth-order valence-corrected chi connectivity index (χ4v) is 2.27. The van der Waals surface area contributed by atoms with E-state index in [0.717, 1.165) is 10.0 Å². The maximum atomic E-state index is 12.3. The zero-order chi connectivity index (χ0) is 13.2. The van der Waals surface area contributed by atoms with Crippen molar-refractivity contribution >= 4 is 26.8 Å². The highest BCUT2D eigenvalue weighted by molar-refractivity contribution is 9.10. The first-order valence-corrected chi connectivity index (χ1v) is 6.60. The van der Waals surface area contributed by atoms with E-state index in [1.807, 2.05) is 36.4 Å². The second kappa shape index (κ2) is 4.93. The third-order valence-electron chi connectivity index (χ3n) is 2.86. The minimum absolute atomic E-state index is 0.129. The molecule has 0 N–H and O–H groups in total. The second-order valence-corrected chi connectivity index (χ2v) is 5.11. The SMILES string of the molecule is O=c1c2cc(Br)ccc2nnn1Cc1ccccc1. The molecule has 0 aliphatic carbocycles. The first-order valence-electron chi connectivity index (χ1n) is 5.81. The van der Waals surface area contributed by atoms with Gasteiger partial charge in [0, 0.05) is 4.47 Å². The van der Waals surface area contributed by atoms with Crippen LogP contribution < -0.4 is 5.56 Å². The Morgan fingerprint density at radius 1 is 1.11 bits per heavy atom. The summed E-state index contributed by atoms with van der Waals surface area (Å²) in [4.78, 5) is 12.3. The summed E-state index contributed by atoms with van der Waals surface area (Å²) in [5.41, 5.74) is 1.50. The Labute approximate surface area is 117 Å². The fourth-order valence-electron chi connectivity index (χ4n) is 1.91. The number of benzene rings is 2. The minimum atomic E-state index is -0.129. The Morgan fingerprint density at radius 3 is 2.68 bits per heavy atom. The van der Waals surface area contributed by atoms with Gasteiger partial charge in [0.1, 0.15) is 5.52 Å². The number of hydrogen-bond acceptors (Lipinski definition) is 3. The van der Waals surface area contributed by atoms with Crippen LogP contribution in [0.15, 0.2) is 57.8 Å². The van der Waals surface area contributed by atoms with E-state index in [1.54, 1.807) is 12.1 Å². The van der Waals surface area contributed by atoms with Crippen LogP contribution in [0.4, 0.5) is 0 Å². The van der Waals surface area contributed by atoms with Gasteiger partial charge in [-0.3, -0.25) is 4.79 Å². The van der Waals surface area contributed by atoms with Gasteiger partial charge in [0.15, 0.2) is 0 Å². The molecule has 0 saturated carbocycles. The molecule has 5 heteroatoms. The number of hydrogen-bond donors (Lipinski definition) is 0. The van der Waals surface area contributed by atoms with Crippen molar-refractivity contribution in [1.82, 2.24) is 15.0 Å². The third-order valence-corrected chi connectivity index (χ3v) is 3.35. The average Bonchev–Trinajstić information content (AvgIpc) is 2.44. The highest BCUT2D eigenvalue weighted by atomic mass is 79.9. The van der Waals surface area contributed by atoms with Gasteiger partial charge in [0.25, 0.3) is 5.56 Å². The first-order chi connectivity index (χ1) is 9.24. The number of fused-ring (bicyclic) bond motifs is 1. The van der Waals surface area contributed by atoms with Gasteiger partial charge >= 0.3 is 0 Å². The Bertz CT molecular complexity index is 784. The van der Waals surface area contributed by atoms with Crippen molar-refractivity contribution in [3.63, 3.8) is 0 Å². The van der Waals surface area contributed by atoms with Crippen LogP contribution in [-0.2, 0) is 6.54 Å². The standard InChI is InChI=1S/C14H10BrN3O/c15-11-6-7-13-12(8-11)14(19)18(17-16-13)9-10-4-2-1-3-5-10/h1-8H,9H2.